The second-order valence-electron chi connectivity index (χ2n) is 9.97. The number of fused-ring (bicyclic) bond motifs is 2. The summed E-state index contributed by atoms with van der Waals surface area (Å²) in [7, 11) is 1.04. The van der Waals surface area contributed by atoms with Gasteiger partial charge in [0.15, 0.2) is 5.13 Å². The molecule has 1 aromatic rings. The molecule has 39 heavy (non-hydrogen) atoms. The van der Waals surface area contributed by atoms with Crippen molar-refractivity contribution in [2.75, 3.05) is 44.4 Å². The van der Waals surface area contributed by atoms with Crippen LogP contribution in [0, 0.1) is 0 Å². The van der Waals surface area contributed by atoms with Crippen LogP contribution in [0.25, 0.3) is 0 Å². The number of rotatable bonds is 11. The normalized spacial score (nSPS) is 22.1. The molecule has 3 saturated heterocycles. The highest BCUT2D eigenvalue weighted by Crippen LogP contribution is 2.47. The Kier molecular flexibility index (Phi) is 10.6. The Bertz CT molecular complexity index is 1180. The fourth-order valence-corrected chi connectivity index (χ4v) is 8.50. The maximum absolute atomic E-state index is 13.8. The molecule has 0 aromatic carbocycles. The van der Waals surface area contributed by atoms with Crippen molar-refractivity contribution in [1.29, 1.82) is 0 Å². The molecule has 11 heteroatoms. The number of aromatic nitrogens is 1. The van der Waals surface area contributed by atoms with E-state index in [1.54, 1.807) is 13.3 Å². The molecule has 2 bridgehead atoms. The molecule has 1 aromatic heterocycles. The van der Waals surface area contributed by atoms with Gasteiger partial charge in [-0.1, -0.05) is 41.3 Å². The fraction of sp³-hybridized carbons (Fsp3) is 0.500. The highest BCUT2D eigenvalue weighted by atomic mass is 32.2. The molecular weight excluding hydrogens is 551 g/mol. The quantitative estimate of drug-likeness (QED) is 0.115. The third-order valence-corrected chi connectivity index (χ3v) is 11.9. The number of hydrogen-bond donors (Lipinski definition) is 1. The summed E-state index contributed by atoms with van der Waals surface area (Å²) in [6.07, 6.45) is 13.3. The largest absolute Gasteiger partial charge is 0.380 e. The molecule has 0 aliphatic carbocycles. The van der Waals surface area contributed by atoms with Crippen molar-refractivity contribution in [3.8, 4) is 0 Å². The predicted molar refractivity (Wildman–Crippen MR) is 161 cm³/mol. The van der Waals surface area contributed by atoms with Crippen molar-refractivity contribution in [2.24, 2.45) is 0 Å². The Morgan fingerprint density at radius 3 is 2.69 bits per heavy atom. The van der Waals surface area contributed by atoms with E-state index in [-0.39, 0.29) is 36.2 Å². The summed E-state index contributed by atoms with van der Waals surface area (Å²) in [4.78, 5) is 47.8. The van der Waals surface area contributed by atoms with Gasteiger partial charge in [-0.2, -0.15) is 0 Å². The molecule has 210 valence electrons. The average molecular weight is 589 g/mol. The average Bonchev–Trinajstić information content (AvgIpc) is 3.43. The molecule has 2 unspecified atom stereocenters. The van der Waals surface area contributed by atoms with Crippen LogP contribution in [0.1, 0.15) is 39.0 Å². The number of thioether (sulfide) groups is 1. The maximum atomic E-state index is 13.8. The van der Waals surface area contributed by atoms with Gasteiger partial charge < -0.3 is 14.5 Å². The summed E-state index contributed by atoms with van der Waals surface area (Å²) in [5.74, 6) is -0.125. The van der Waals surface area contributed by atoms with Gasteiger partial charge >= 0.3 is 0 Å². The minimum absolute atomic E-state index is 0.00910. The molecule has 4 rings (SSSR count). The predicted octanol–water partition coefficient (Wildman–Crippen LogP) is 5.85. The van der Waals surface area contributed by atoms with E-state index in [2.05, 4.69) is 23.5 Å². The smallest absolute Gasteiger partial charge is 0.252 e. The first kappa shape index (κ1) is 29.7. The lowest BCUT2D eigenvalue weighted by atomic mass is 10.1. The zero-order valence-corrected chi connectivity index (χ0v) is 25.2. The van der Waals surface area contributed by atoms with Gasteiger partial charge in [0.1, 0.15) is 0 Å². The van der Waals surface area contributed by atoms with E-state index in [9.17, 15) is 14.4 Å². The Morgan fingerprint density at radius 1 is 1.26 bits per heavy atom. The van der Waals surface area contributed by atoms with E-state index in [0.29, 0.717) is 30.2 Å². The lowest BCUT2D eigenvalue weighted by Gasteiger charge is -2.28. The minimum Gasteiger partial charge on any atom is -0.380 e. The van der Waals surface area contributed by atoms with E-state index in [4.69, 9.17) is 4.74 Å². The Labute approximate surface area is 240 Å². The SMILES string of the molecule is C=CC/C(C)=C(\C=C(/COC)C(=O)N1CCC2CCC(C1)N2C(=O)C=C)Sc1cnc(NC(=O)P2CCC2)s1. The van der Waals surface area contributed by atoms with E-state index in [1.807, 2.05) is 28.9 Å². The highest BCUT2D eigenvalue weighted by Gasteiger charge is 2.40. The third-order valence-electron chi connectivity index (χ3n) is 7.30. The number of methoxy groups -OCH3 is 1. The zero-order valence-electron chi connectivity index (χ0n) is 22.7. The minimum atomic E-state index is -0.549. The van der Waals surface area contributed by atoms with Gasteiger partial charge in [-0.15, -0.1) is 6.58 Å². The number of carbonyl (C=O) groups excluding carboxylic acids is 3. The summed E-state index contributed by atoms with van der Waals surface area (Å²) in [6.45, 7) is 10.9. The topological polar surface area (TPSA) is 91.8 Å². The van der Waals surface area contributed by atoms with Crippen LogP contribution in [0.2, 0.25) is 0 Å². The number of ether oxygens (including phenoxy) is 1. The van der Waals surface area contributed by atoms with Gasteiger partial charge in [-0.25, -0.2) is 4.98 Å². The van der Waals surface area contributed by atoms with Crippen LogP contribution in [0.4, 0.5) is 9.93 Å². The Balaban J connectivity index is 1.53. The molecule has 3 fully saturated rings. The van der Waals surface area contributed by atoms with E-state index < -0.39 is 7.92 Å². The first-order chi connectivity index (χ1) is 18.8. The van der Waals surface area contributed by atoms with Crippen molar-refractivity contribution in [3.63, 3.8) is 0 Å². The van der Waals surface area contributed by atoms with Crippen LogP contribution in [-0.2, 0) is 14.3 Å². The molecule has 2 atom stereocenters. The number of allylic oxidation sites excluding steroid dienone is 3. The summed E-state index contributed by atoms with van der Waals surface area (Å²) in [6, 6.07) is 0.162. The highest BCUT2D eigenvalue weighted by molar-refractivity contribution is 8.05. The van der Waals surface area contributed by atoms with Gasteiger partial charge in [0.2, 0.25) is 11.6 Å². The molecule has 3 aliphatic heterocycles. The van der Waals surface area contributed by atoms with Crippen molar-refractivity contribution in [2.45, 2.75) is 55.3 Å². The number of nitrogens with one attached hydrogen (secondary N) is 1. The van der Waals surface area contributed by atoms with Gasteiger partial charge in [0.05, 0.1) is 17.0 Å². The monoisotopic (exact) mass is 588 g/mol. The lowest BCUT2D eigenvalue weighted by Crippen LogP contribution is -2.44. The standard InChI is InChI=1S/C28H37N4O4PS2/c1-5-8-19(3)23(38-25-16-29-27(39-25)30-28(35)37-13-7-14-37)15-20(18-36-4)26(34)31-12-11-21-9-10-22(17-31)32(21)24(33)6-2/h5-6,15-16,21-22H,1-2,7-14,17-18H2,3-4H3,(H,29,30,35)/b20-15+,23-19+. The number of thiazole rings is 1. The zero-order chi connectivity index (χ0) is 27.9. The second kappa shape index (κ2) is 13.9. The molecule has 0 spiro atoms. The van der Waals surface area contributed by atoms with Crippen molar-refractivity contribution >= 4 is 53.6 Å². The molecule has 0 saturated carbocycles. The lowest BCUT2D eigenvalue weighted by molar-refractivity contribution is -0.131. The van der Waals surface area contributed by atoms with Crippen LogP contribution >= 0.6 is 31.0 Å². The fourth-order valence-electron chi connectivity index (χ4n) is 5.13. The summed E-state index contributed by atoms with van der Waals surface area (Å²) in [5.41, 5.74) is 1.74. The molecule has 0 radical (unpaired) electrons. The molecule has 4 heterocycles. The van der Waals surface area contributed by atoms with Crippen LogP contribution in [-0.4, -0.2) is 83.5 Å². The van der Waals surface area contributed by atoms with Gasteiger partial charge in [-0.05, 0) is 71.4 Å². The van der Waals surface area contributed by atoms with Crippen LogP contribution < -0.4 is 5.32 Å². The number of amides is 3. The van der Waals surface area contributed by atoms with Crippen molar-refractivity contribution < 1.29 is 19.1 Å². The first-order valence-corrected chi connectivity index (χ1v) is 16.6. The number of carbonyl (C=O) groups is 3. The van der Waals surface area contributed by atoms with Crippen LogP contribution in [0.3, 0.4) is 0 Å². The summed E-state index contributed by atoms with van der Waals surface area (Å²) in [5, 5.41) is 3.58. The van der Waals surface area contributed by atoms with E-state index in [0.717, 1.165) is 52.7 Å². The third kappa shape index (κ3) is 7.28. The Hall–Kier alpha value is -2.26. The van der Waals surface area contributed by atoms with Crippen molar-refractivity contribution in [1.82, 2.24) is 14.8 Å². The molecule has 3 amide bonds. The van der Waals surface area contributed by atoms with Crippen molar-refractivity contribution in [3.05, 3.63) is 53.6 Å². The first-order valence-electron chi connectivity index (χ1n) is 13.3. The molecule has 8 nitrogen and oxygen atoms in total. The molecule has 1 N–H and O–H groups in total. The summed E-state index contributed by atoms with van der Waals surface area (Å²) >= 11 is 2.97. The van der Waals surface area contributed by atoms with Crippen LogP contribution in [0.15, 0.2) is 57.8 Å². The number of anilines is 1. The van der Waals surface area contributed by atoms with Crippen LogP contribution in [0.5, 0.6) is 0 Å². The van der Waals surface area contributed by atoms with Gasteiger partial charge in [0, 0.05) is 42.8 Å². The summed E-state index contributed by atoms with van der Waals surface area (Å²) < 4.78 is 6.39. The number of hydrogen-bond acceptors (Lipinski definition) is 7. The Morgan fingerprint density at radius 2 is 2.03 bits per heavy atom. The van der Waals surface area contributed by atoms with E-state index >= 15 is 0 Å². The van der Waals surface area contributed by atoms with Gasteiger partial charge in [0.25, 0.3) is 5.91 Å². The maximum Gasteiger partial charge on any atom is 0.252 e. The second-order valence-corrected chi connectivity index (χ2v) is 14.7. The number of likely N-dealkylation sites (tertiary alicyclic amines) is 1. The van der Waals surface area contributed by atoms with E-state index in [1.165, 1.54) is 29.2 Å². The molecule has 3 aliphatic rings. The molecular formula is C28H37N4O4PS2. The van der Waals surface area contributed by atoms with Gasteiger partial charge in [-0.3, -0.25) is 19.7 Å². The number of nitrogens with zero attached hydrogens (tertiary/aromatic N) is 3.